The molecule has 1 aliphatic rings. The Morgan fingerprint density at radius 1 is 1.26 bits per heavy atom. The topological polar surface area (TPSA) is 9.23 Å². The van der Waals surface area contributed by atoms with Crippen molar-refractivity contribution in [3.05, 3.63) is 34.9 Å². The molecule has 0 aromatic heterocycles. The van der Waals surface area contributed by atoms with Gasteiger partial charge in [-0.3, -0.25) is 0 Å². The second kappa shape index (κ2) is 6.93. The molecule has 0 N–H and O–H groups in total. The molecule has 2 rings (SSSR count). The third-order valence-electron chi connectivity index (χ3n) is 3.90. The van der Waals surface area contributed by atoms with Crippen molar-refractivity contribution in [1.29, 1.82) is 0 Å². The Morgan fingerprint density at radius 2 is 1.95 bits per heavy atom. The van der Waals surface area contributed by atoms with Crippen LogP contribution in [0.25, 0.3) is 0 Å². The first-order valence-corrected chi connectivity index (χ1v) is 9.26. The van der Waals surface area contributed by atoms with Crippen molar-refractivity contribution in [2.45, 2.75) is 43.8 Å². The predicted molar refractivity (Wildman–Crippen MR) is 88.9 cm³/mol. The first kappa shape index (κ1) is 15.8. The SMILES string of the molecule is CC1CCC(CC(CBr)(CBr)c2ccccc2Cl)O1. The maximum absolute atomic E-state index is 6.40. The van der Waals surface area contributed by atoms with E-state index < -0.39 is 0 Å². The predicted octanol–water partition coefficient (Wildman–Crippen LogP) is 5.33. The molecule has 106 valence electrons. The molecule has 1 heterocycles. The fourth-order valence-electron chi connectivity index (χ4n) is 2.76. The normalized spacial score (nSPS) is 23.8. The van der Waals surface area contributed by atoms with Gasteiger partial charge in [-0.2, -0.15) is 0 Å². The Morgan fingerprint density at radius 3 is 2.47 bits per heavy atom. The zero-order chi connectivity index (χ0) is 13.9. The molecule has 0 bridgehead atoms. The van der Waals surface area contributed by atoms with Gasteiger partial charge in [0.2, 0.25) is 0 Å². The van der Waals surface area contributed by atoms with Crippen molar-refractivity contribution >= 4 is 43.5 Å². The van der Waals surface area contributed by atoms with Gasteiger partial charge in [0.15, 0.2) is 0 Å². The Kier molecular flexibility index (Phi) is 5.77. The minimum absolute atomic E-state index is 0.00687. The lowest BCUT2D eigenvalue weighted by molar-refractivity contribution is 0.0405. The maximum Gasteiger partial charge on any atom is 0.0588 e. The van der Waals surface area contributed by atoms with E-state index in [1.54, 1.807) is 0 Å². The summed E-state index contributed by atoms with van der Waals surface area (Å²) in [6.07, 6.45) is 4.03. The molecule has 19 heavy (non-hydrogen) atoms. The smallest absolute Gasteiger partial charge is 0.0588 e. The number of ether oxygens (including phenoxy) is 1. The van der Waals surface area contributed by atoms with Crippen molar-refractivity contribution in [1.82, 2.24) is 0 Å². The van der Waals surface area contributed by atoms with Crippen LogP contribution in [0.1, 0.15) is 31.7 Å². The lowest BCUT2D eigenvalue weighted by atomic mass is 9.79. The summed E-state index contributed by atoms with van der Waals surface area (Å²) in [7, 11) is 0. The van der Waals surface area contributed by atoms with Crippen LogP contribution in [0.5, 0.6) is 0 Å². The Bertz CT molecular complexity index is 420. The van der Waals surface area contributed by atoms with E-state index >= 15 is 0 Å². The van der Waals surface area contributed by atoms with Gasteiger partial charge in [0.05, 0.1) is 12.2 Å². The van der Waals surface area contributed by atoms with E-state index in [2.05, 4.69) is 50.9 Å². The molecule has 0 spiro atoms. The molecule has 1 aromatic rings. The van der Waals surface area contributed by atoms with Crippen LogP contribution in [-0.4, -0.2) is 22.9 Å². The van der Waals surface area contributed by atoms with E-state index in [1.807, 2.05) is 12.1 Å². The largest absolute Gasteiger partial charge is 0.375 e. The highest BCUT2D eigenvalue weighted by molar-refractivity contribution is 9.09. The van der Waals surface area contributed by atoms with Crippen molar-refractivity contribution in [2.75, 3.05) is 10.7 Å². The van der Waals surface area contributed by atoms with Crippen molar-refractivity contribution in [2.24, 2.45) is 0 Å². The Labute approximate surface area is 137 Å². The maximum atomic E-state index is 6.40. The van der Waals surface area contributed by atoms with Gasteiger partial charge in [-0.05, 0) is 37.8 Å². The zero-order valence-electron chi connectivity index (χ0n) is 11.0. The number of alkyl halides is 2. The quantitative estimate of drug-likeness (QED) is 0.597. The van der Waals surface area contributed by atoms with E-state index in [1.165, 1.54) is 5.56 Å². The molecular formula is C15H19Br2ClO. The molecule has 0 amide bonds. The first-order valence-electron chi connectivity index (χ1n) is 6.64. The molecule has 1 nitrogen and oxygen atoms in total. The monoisotopic (exact) mass is 408 g/mol. The fraction of sp³-hybridized carbons (Fsp3) is 0.600. The minimum atomic E-state index is -0.00687. The molecule has 0 aliphatic carbocycles. The van der Waals surface area contributed by atoms with E-state index in [0.29, 0.717) is 12.2 Å². The van der Waals surface area contributed by atoms with Gasteiger partial charge in [0.25, 0.3) is 0 Å². The summed E-state index contributed by atoms with van der Waals surface area (Å²) in [5.41, 5.74) is 1.20. The number of rotatable bonds is 5. The van der Waals surface area contributed by atoms with Gasteiger partial charge >= 0.3 is 0 Å². The number of hydrogen-bond acceptors (Lipinski definition) is 1. The lowest BCUT2D eigenvalue weighted by Crippen LogP contribution is -2.35. The molecule has 0 saturated carbocycles. The van der Waals surface area contributed by atoms with E-state index in [0.717, 1.165) is 34.9 Å². The number of benzene rings is 1. The molecule has 2 atom stereocenters. The Balaban J connectivity index is 2.25. The highest BCUT2D eigenvalue weighted by Crippen LogP contribution is 2.40. The van der Waals surface area contributed by atoms with Gasteiger partial charge in [0, 0.05) is 21.1 Å². The fourth-order valence-corrected chi connectivity index (χ4v) is 5.09. The third-order valence-corrected chi connectivity index (χ3v) is 6.37. The summed E-state index contributed by atoms with van der Waals surface area (Å²) in [5, 5.41) is 2.60. The molecule has 1 aliphatic heterocycles. The summed E-state index contributed by atoms with van der Waals surface area (Å²) < 4.78 is 6.00. The molecule has 0 radical (unpaired) electrons. The minimum Gasteiger partial charge on any atom is -0.375 e. The van der Waals surface area contributed by atoms with Crippen molar-refractivity contribution < 1.29 is 4.74 Å². The average molecular weight is 411 g/mol. The molecule has 2 unspecified atom stereocenters. The molecule has 1 fully saturated rings. The van der Waals surface area contributed by atoms with Crippen LogP contribution in [0.15, 0.2) is 24.3 Å². The van der Waals surface area contributed by atoms with Crippen LogP contribution in [0.2, 0.25) is 5.02 Å². The summed E-state index contributed by atoms with van der Waals surface area (Å²) in [6, 6.07) is 8.13. The highest BCUT2D eigenvalue weighted by atomic mass is 79.9. The van der Waals surface area contributed by atoms with Crippen LogP contribution >= 0.6 is 43.5 Å². The number of halogens is 3. The standard InChI is InChI=1S/C15H19Br2ClO/c1-11-6-7-12(19-11)8-15(9-16,10-17)13-4-2-3-5-14(13)18/h2-5,11-12H,6-10H2,1H3. The Hall–Kier alpha value is 0.430. The van der Waals surface area contributed by atoms with Gasteiger partial charge in [-0.1, -0.05) is 61.7 Å². The molecule has 1 saturated heterocycles. The summed E-state index contributed by atoms with van der Waals surface area (Å²) >= 11 is 13.8. The molecule has 1 aromatic carbocycles. The van der Waals surface area contributed by atoms with Crippen LogP contribution in [0.4, 0.5) is 0 Å². The summed E-state index contributed by atoms with van der Waals surface area (Å²) in [4.78, 5) is 0. The van der Waals surface area contributed by atoms with E-state index in [4.69, 9.17) is 16.3 Å². The second-order valence-corrected chi connectivity index (χ2v) is 6.91. The number of hydrogen-bond donors (Lipinski definition) is 0. The first-order chi connectivity index (χ1) is 9.11. The van der Waals surface area contributed by atoms with Crippen LogP contribution in [-0.2, 0) is 10.2 Å². The van der Waals surface area contributed by atoms with Crippen molar-refractivity contribution in [3.8, 4) is 0 Å². The van der Waals surface area contributed by atoms with Gasteiger partial charge in [0.1, 0.15) is 0 Å². The van der Waals surface area contributed by atoms with Gasteiger partial charge < -0.3 is 4.74 Å². The van der Waals surface area contributed by atoms with Crippen LogP contribution in [0.3, 0.4) is 0 Å². The molecule has 4 heteroatoms. The van der Waals surface area contributed by atoms with Gasteiger partial charge in [-0.15, -0.1) is 0 Å². The highest BCUT2D eigenvalue weighted by Gasteiger charge is 2.37. The summed E-state index contributed by atoms with van der Waals surface area (Å²) in [5.74, 6) is 0. The second-order valence-electron chi connectivity index (χ2n) is 5.38. The molecular weight excluding hydrogens is 391 g/mol. The van der Waals surface area contributed by atoms with E-state index in [9.17, 15) is 0 Å². The van der Waals surface area contributed by atoms with Gasteiger partial charge in [-0.25, -0.2) is 0 Å². The van der Waals surface area contributed by atoms with Crippen LogP contribution in [0, 0.1) is 0 Å². The third kappa shape index (κ3) is 3.55. The average Bonchev–Trinajstić information content (AvgIpc) is 2.82. The summed E-state index contributed by atoms with van der Waals surface area (Å²) in [6.45, 7) is 2.15. The lowest BCUT2D eigenvalue weighted by Gasteiger charge is -2.34. The van der Waals surface area contributed by atoms with E-state index in [-0.39, 0.29) is 5.41 Å². The van der Waals surface area contributed by atoms with Crippen LogP contribution < -0.4 is 0 Å². The van der Waals surface area contributed by atoms with Crippen molar-refractivity contribution in [3.63, 3.8) is 0 Å². The zero-order valence-corrected chi connectivity index (χ0v) is 15.0.